The lowest BCUT2D eigenvalue weighted by Gasteiger charge is -2.27. The van der Waals surface area contributed by atoms with Gasteiger partial charge in [0.2, 0.25) is 21.8 Å². The first-order chi connectivity index (χ1) is 21.5. The molecule has 4 aromatic rings. The molecule has 240 valence electrons. The van der Waals surface area contributed by atoms with Crippen molar-refractivity contribution in [1.82, 2.24) is 24.6 Å². The van der Waals surface area contributed by atoms with Crippen LogP contribution in [0, 0.1) is 12.3 Å². The number of benzene rings is 1. The van der Waals surface area contributed by atoms with E-state index in [4.69, 9.17) is 5.14 Å². The van der Waals surface area contributed by atoms with Crippen molar-refractivity contribution >= 4 is 44.3 Å². The highest BCUT2D eigenvalue weighted by Gasteiger charge is 2.64. The third kappa shape index (κ3) is 5.62. The van der Waals surface area contributed by atoms with Gasteiger partial charge in [0.05, 0.1) is 5.52 Å². The number of nitrogens with two attached hydrogens (primary N) is 1. The Bertz CT molecular complexity index is 2060. The van der Waals surface area contributed by atoms with Gasteiger partial charge in [0, 0.05) is 36.3 Å². The molecule has 0 bridgehead atoms. The van der Waals surface area contributed by atoms with Crippen molar-refractivity contribution in [3.8, 4) is 11.1 Å². The van der Waals surface area contributed by atoms with E-state index in [1.54, 1.807) is 18.2 Å². The topological polar surface area (TPSA) is 170 Å². The fourth-order valence-corrected chi connectivity index (χ4v) is 6.55. The second-order valence-corrected chi connectivity index (χ2v) is 13.6. The molecule has 3 aromatic heterocycles. The van der Waals surface area contributed by atoms with Crippen LogP contribution in [0.25, 0.3) is 22.0 Å². The van der Waals surface area contributed by atoms with Crippen LogP contribution >= 0.6 is 0 Å². The van der Waals surface area contributed by atoms with Crippen molar-refractivity contribution in [2.45, 2.75) is 63.3 Å². The van der Waals surface area contributed by atoms with E-state index in [1.807, 2.05) is 6.92 Å². The maximum atomic E-state index is 13.8. The number of ketones is 1. The summed E-state index contributed by atoms with van der Waals surface area (Å²) in [5.74, 6) is -1.70. The Morgan fingerprint density at radius 1 is 1.09 bits per heavy atom. The average molecular weight is 656 g/mol. The van der Waals surface area contributed by atoms with E-state index < -0.39 is 39.7 Å². The lowest BCUT2D eigenvalue weighted by molar-refractivity contribution is -0.141. The summed E-state index contributed by atoms with van der Waals surface area (Å²) in [4.78, 5) is 48.6. The first-order valence-corrected chi connectivity index (χ1v) is 15.7. The number of amides is 2. The molecule has 1 aliphatic heterocycles. The van der Waals surface area contributed by atoms with Crippen molar-refractivity contribution < 1.29 is 36.0 Å². The minimum absolute atomic E-state index is 0.0817. The van der Waals surface area contributed by atoms with E-state index in [2.05, 4.69) is 20.4 Å². The highest BCUT2D eigenvalue weighted by molar-refractivity contribution is 7.89. The summed E-state index contributed by atoms with van der Waals surface area (Å²) in [5, 5.41) is 12.6. The van der Waals surface area contributed by atoms with E-state index in [1.165, 1.54) is 41.8 Å². The molecule has 46 heavy (non-hydrogen) atoms. The maximum Gasteiger partial charge on any atom is 0.433 e. The van der Waals surface area contributed by atoms with E-state index >= 15 is 0 Å². The van der Waals surface area contributed by atoms with Gasteiger partial charge in [-0.25, -0.2) is 18.5 Å². The number of carbonyl (C=O) groups excluding carboxylic acids is 3. The number of hydrogen-bond acceptors (Lipinski definition) is 8. The second kappa shape index (κ2) is 10.7. The number of Topliss-reactive ketones (excluding diaryl/α,β-unsaturated/α-hetero) is 1. The number of aromatic nitrogens is 4. The molecule has 2 fully saturated rings. The van der Waals surface area contributed by atoms with Crippen LogP contribution in [0.2, 0.25) is 0 Å². The molecular formula is C30H28F3N7O5S. The summed E-state index contributed by atoms with van der Waals surface area (Å²) in [6, 6.07) is 7.14. The number of fused-ring (bicyclic) bond motifs is 2. The first-order valence-electron chi connectivity index (χ1n) is 14.1. The molecule has 1 aliphatic carbocycles. The number of sulfonamides is 1. The van der Waals surface area contributed by atoms with Crippen molar-refractivity contribution in [2.75, 3.05) is 5.32 Å². The number of rotatable bonds is 7. The number of alkyl halides is 3. The van der Waals surface area contributed by atoms with Gasteiger partial charge in [-0.15, -0.1) is 0 Å². The van der Waals surface area contributed by atoms with E-state index in [-0.39, 0.29) is 40.2 Å². The lowest BCUT2D eigenvalue weighted by Crippen LogP contribution is -2.47. The highest BCUT2D eigenvalue weighted by Crippen LogP contribution is 2.59. The van der Waals surface area contributed by atoms with Gasteiger partial charge in [0.15, 0.2) is 5.78 Å². The Balaban J connectivity index is 1.29. The Morgan fingerprint density at radius 2 is 1.83 bits per heavy atom. The SMILES string of the molecule is CC(=O)c1nn(CC(=O)N2C3C[C@]3(C)C[C@H]2C(=O)Nc2nc(C(F)(F)F)ccc2C)c2ccc(-c3cncc(S(N)(=O)=O)c3)cc12. The van der Waals surface area contributed by atoms with Crippen LogP contribution in [0.4, 0.5) is 19.0 Å². The van der Waals surface area contributed by atoms with Gasteiger partial charge in [0.25, 0.3) is 0 Å². The number of carbonyl (C=O) groups is 3. The summed E-state index contributed by atoms with van der Waals surface area (Å²) < 4.78 is 64.8. The van der Waals surface area contributed by atoms with Crippen molar-refractivity contribution in [3.05, 3.63) is 65.7 Å². The maximum absolute atomic E-state index is 13.8. The monoisotopic (exact) mass is 655 g/mol. The van der Waals surface area contributed by atoms with Gasteiger partial charge in [-0.05, 0) is 60.6 Å². The third-order valence-corrected chi connectivity index (χ3v) is 9.48. The summed E-state index contributed by atoms with van der Waals surface area (Å²) >= 11 is 0. The van der Waals surface area contributed by atoms with Crippen LogP contribution in [-0.2, 0) is 32.3 Å². The Labute approximate surface area is 260 Å². The van der Waals surface area contributed by atoms with Gasteiger partial charge < -0.3 is 10.2 Å². The third-order valence-electron chi connectivity index (χ3n) is 8.60. The molecule has 1 saturated carbocycles. The lowest BCUT2D eigenvalue weighted by atomic mass is 10.0. The van der Waals surface area contributed by atoms with E-state index in [9.17, 15) is 36.0 Å². The number of likely N-dealkylation sites (tertiary alicyclic amines) is 1. The van der Waals surface area contributed by atoms with E-state index in [0.717, 1.165) is 12.3 Å². The molecule has 2 aliphatic rings. The standard InChI is InChI=1S/C30H28F3N7O5S/c1-15-4-7-23(30(31,32)33)36-27(15)37-28(43)22-10-29(3)11-24(29)40(22)25(42)14-39-21-6-5-17(9-20(21)26(38-39)16(2)41)18-8-19(13-35-12-18)46(34,44)45/h4-9,12-13,22,24H,10-11,14H2,1-3H3,(H2,34,44,45)(H,36,37,43)/t22-,24?,29-/m0/s1. The van der Waals surface area contributed by atoms with Crippen LogP contribution < -0.4 is 10.5 Å². The summed E-state index contributed by atoms with van der Waals surface area (Å²) in [7, 11) is -4.01. The van der Waals surface area contributed by atoms with E-state index in [0.29, 0.717) is 40.4 Å². The first kappa shape index (κ1) is 31.3. The quantitative estimate of drug-likeness (QED) is 0.284. The number of piperidine rings is 1. The molecule has 1 aromatic carbocycles. The molecular weight excluding hydrogens is 627 g/mol. The molecule has 1 saturated heterocycles. The van der Waals surface area contributed by atoms with Gasteiger partial charge >= 0.3 is 6.18 Å². The zero-order valence-electron chi connectivity index (χ0n) is 24.8. The molecule has 0 spiro atoms. The zero-order valence-corrected chi connectivity index (χ0v) is 25.6. The van der Waals surface area contributed by atoms with Gasteiger partial charge in [-0.3, -0.25) is 24.0 Å². The highest BCUT2D eigenvalue weighted by atomic mass is 32.2. The largest absolute Gasteiger partial charge is 0.433 e. The molecule has 0 radical (unpaired) electrons. The van der Waals surface area contributed by atoms with Crippen LogP contribution in [0.3, 0.4) is 0 Å². The molecule has 1 unspecified atom stereocenters. The summed E-state index contributed by atoms with van der Waals surface area (Å²) in [6.45, 7) is 4.47. The van der Waals surface area contributed by atoms with Gasteiger partial charge in [0.1, 0.15) is 34.7 Å². The Morgan fingerprint density at radius 3 is 2.50 bits per heavy atom. The molecule has 6 rings (SSSR count). The number of halogens is 3. The fourth-order valence-electron chi connectivity index (χ4n) is 6.05. The normalized spacial score (nSPS) is 20.9. The smallest absolute Gasteiger partial charge is 0.325 e. The zero-order chi connectivity index (χ0) is 33.3. The number of aryl methyl sites for hydroxylation is 1. The van der Waals surface area contributed by atoms with Crippen LogP contribution in [0.15, 0.2) is 53.7 Å². The van der Waals surface area contributed by atoms with Crippen molar-refractivity contribution in [2.24, 2.45) is 10.6 Å². The Kier molecular flexibility index (Phi) is 7.27. The van der Waals surface area contributed by atoms with Crippen LogP contribution in [-0.4, -0.2) is 62.7 Å². The van der Waals surface area contributed by atoms with Crippen LogP contribution in [0.5, 0.6) is 0 Å². The number of pyridine rings is 2. The van der Waals surface area contributed by atoms with Crippen LogP contribution in [0.1, 0.15) is 48.4 Å². The number of primary sulfonamides is 1. The summed E-state index contributed by atoms with van der Waals surface area (Å²) in [6.07, 6.45) is -1.15. The summed E-state index contributed by atoms with van der Waals surface area (Å²) in [5.41, 5.74) is 0.349. The minimum Gasteiger partial charge on any atom is -0.325 e. The molecule has 12 nitrogen and oxygen atoms in total. The fraction of sp³-hybridized carbons (Fsp3) is 0.333. The van der Waals surface area contributed by atoms with Gasteiger partial charge in [-0.1, -0.05) is 19.1 Å². The van der Waals surface area contributed by atoms with Crippen molar-refractivity contribution in [1.29, 1.82) is 0 Å². The molecule has 3 atom stereocenters. The number of hydrogen-bond donors (Lipinski definition) is 2. The number of nitrogens with zero attached hydrogens (tertiary/aromatic N) is 5. The predicted octanol–water partition coefficient (Wildman–Crippen LogP) is 3.69. The van der Waals surface area contributed by atoms with Crippen molar-refractivity contribution in [3.63, 3.8) is 0 Å². The minimum atomic E-state index is -4.70. The molecule has 16 heteroatoms. The van der Waals surface area contributed by atoms with Gasteiger partial charge in [-0.2, -0.15) is 18.3 Å². The molecule has 4 heterocycles. The Hall–Kier alpha value is -4.70. The number of nitrogens with one attached hydrogen (secondary N) is 1. The molecule has 2 amide bonds. The predicted molar refractivity (Wildman–Crippen MR) is 159 cm³/mol. The molecule has 3 N–H and O–H groups in total. The average Bonchev–Trinajstić information content (AvgIpc) is 3.34. The number of anilines is 1. The second-order valence-electron chi connectivity index (χ2n) is 12.0.